The molecule has 0 radical (unpaired) electrons. The van der Waals surface area contributed by atoms with Gasteiger partial charge in [0.25, 0.3) is 0 Å². The fraction of sp³-hybridized carbons (Fsp3) is 0.647. The summed E-state index contributed by atoms with van der Waals surface area (Å²) in [6.07, 6.45) is 8.42. The second-order valence-electron chi connectivity index (χ2n) is 6.11. The van der Waals surface area contributed by atoms with Gasteiger partial charge in [0.2, 0.25) is 0 Å². The van der Waals surface area contributed by atoms with Gasteiger partial charge in [-0.15, -0.1) is 0 Å². The lowest BCUT2D eigenvalue weighted by Gasteiger charge is -2.18. The van der Waals surface area contributed by atoms with Crippen LogP contribution in [0.25, 0.3) is 0 Å². The monoisotopic (exact) mass is 243 g/mol. The highest BCUT2D eigenvalue weighted by atomic mass is 14.9. The quantitative estimate of drug-likeness (QED) is 0.804. The average Bonchev–Trinajstić information content (AvgIpc) is 2.88. The van der Waals surface area contributed by atoms with Gasteiger partial charge in [-0.25, -0.2) is 0 Å². The van der Waals surface area contributed by atoms with Crippen LogP contribution < -0.4 is 5.32 Å². The van der Waals surface area contributed by atoms with E-state index in [2.05, 4.69) is 42.7 Å². The Morgan fingerprint density at radius 1 is 1.17 bits per heavy atom. The first kappa shape index (κ1) is 12.2. The van der Waals surface area contributed by atoms with E-state index >= 15 is 0 Å². The molecule has 0 aliphatic heterocycles. The molecule has 1 nitrogen and oxygen atoms in total. The van der Waals surface area contributed by atoms with Gasteiger partial charge in [0.05, 0.1) is 0 Å². The topological polar surface area (TPSA) is 12.0 Å². The highest BCUT2D eigenvalue weighted by Gasteiger charge is 2.55. The summed E-state index contributed by atoms with van der Waals surface area (Å²) in [6, 6.07) is 11.7. The largest absolute Gasteiger partial charge is 0.317 e. The molecule has 1 aromatic carbocycles. The summed E-state index contributed by atoms with van der Waals surface area (Å²) in [4.78, 5) is 0. The van der Waals surface area contributed by atoms with Crippen LogP contribution in [0.1, 0.15) is 37.7 Å². The summed E-state index contributed by atoms with van der Waals surface area (Å²) in [5.74, 6) is 3.18. The number of hydrogen-bond donors (Lipinski definition) is 1. The van der Waals surface area contributed by atoms with E-state index in [1.807, 2.05) is 0 Å². The molecule has 0 heterocycles. The van der Waals surface area contributed by atoms with Crippen LogP contribution in [0.2, 0.25) is 0 Å². The normalized spacial score (nSPS) is 31.1. The van der Waals surface area contributed by atoms with Crippen molar-refractivity contribution in [2.75, 3.05) is 7.05 Å². The van der Waals surface area contributed by atoms with E-state index in [1.165, 1.54) is 44.1 Å². The number of aryl methyl sites for hydroxylation is 1. The highest BCUT2D eigenvalue weighted by molar-refractivity contribution is 5.14. The minimum Gasteiger partial charge on any atom is -0.317 e. The van der Waals surface area contributed by atoms with Crippen LogP contribution in [-0.4, -0.2) is 13.1 Å². The van der Waals surface area contributed by atoms with Crippen LogP contribution in [0, 0.1) is 17.8 Å². The minimum absolute atomic E-state index is 0.781. The molecule has 3 atom stereocenters. The summed E-state index contributed by atoms with van der Waals surface area (Å²) in [6.45, 7) is 0. The van der Waals surface area contributed by atoms with E-state index < -0.39 is 0 Å². The van der Waals surface area contributed by atoms with Crippen molar-refractivity contribution < 1.29 is 0 Å². The summed E-state index contributed by atoms with van der Waals surface area (Å²) in [5, 5.41) is 3.58. The highest BCUT2D eigenvalue weighted by Crippen LogP contribution is 2.59. The van der Waals surface area contributed by atoms with E-state index in [0.29, 0.717) is 0 Å². The molecule has 98 valence electrons. The van der Waals surface area contributed by atoms with Gasteiger partial charge in [-0.05, 0) is 62.5 Å². The molecule has 2 aliphatic rings. The van der Waals surface area contributed by atoms with Crippen LogP contribution in [0.15, 0.2) is 30.3 Å². The number of fused-ring (bicyclic) bond motifs is 1. The maximum absolute atomic E-state index is 3.58. The zero-order chi connectivity index (χ0) is 12.4. The molecular weight excluding hydrogens is 218 g/mol. The minimum atomic E-state index is 0.781. The molecule has 2 saturated carbocycles. The molecular formula is C17H25N. The second-order valence-corrected chi connectivity index (χ2v) is 6.11. The summed E-state index contributed by atoms with van der Waals surface area (Å²) in [7, 11) is 2.15. The second kappa shape index (κ2) is 5.44. The fourth-order valence-electron chi connectivity index (χ4n) is 4.17. The Balaban J connectivity index is 1.44. The predicted molar refractivity (Wildman–Crippen MR) is 76.5 cm³/mol. The molecule has 1 N–H and O–H groups in total. The molecule has 2 fully saturated rings. The Labute approximate surface area is 111 Å². The Bertz CT molecular complexity index is 362. The van der Waals surface area contributed by atoms with Crippen LogP contribution in [0.3, 0.4) is 0 Å². The number of rotatable bonds is 6. The predicted octanol–water partition coefficient (Wildman–Crippen LogP) is 3.64. The molecule has 3 rings (SSSR count). The van der Waals surface area contributed by atoms with Gasteiger partial charge in [-0.3, -0.25) is 0 Å². The van der Waals surface area contributed by atoms with E-state index in [4.69, 9.17) is 0 Å². The van der Waals surface area contributed by atoms with Crippen LogP contribution >= 0.6 is 0 Å². The van der Waals surface area contributed by atoms with Crippen LogP contribution in [-0.2, 0) is 6.42 Å². The Hall–Kier alpha value is -0.820. The van der Waals surface area contributed by atoms with Gasteiger partial charge in [-0.2, -0.15) is 0 Å². The molecule has 0 spiro atoms. The van der Waals surface area contributed by atoms with Gasteiger partial charge < -0.3 is 5.32 Å². The van der Waals surface area contributed by atoms with Crippen molar-refractivity contribution in [1.29, 1.82) is 0 Å². The average molecular weight is 243 g/mol. The van der Waals surface area contributed by atoms with Crippen molar-refractivity contribution in [2.45, 2.75) is 44.6 Å². The lowest BCUT2D eigenvalue weighted by molar-refractivity contribution is 0.400. The molecule has 18 heavy (non-hydrogen) atoms. The first-order valence-corrected chi connectivity index (χ1v) is 7.61. The van der Waals surface area contributed by atoms with Crippen molar-refractivity contribution in [3.63, 3.8) is 0 Å². The zero-order valence-electron chi connectivity index (χ0n) is 11.4. The molecule has 0 amide bonds. The SMILES string of the molecule is CNC(CCCc1ccccc1)C1C2CCCC21. The van der Waals surface area contributed by atoms with Gasteiger partial charge in [-0.1, -0.05) is 36.8 Å². The number of hydrogen-bond acceptors (Lipinski definition) is 1. The molecule has 0 aromatic heterocycles. The summed E-state index contributed by atoms with van der Waals surface area (Å²) >= 11 is 0. The van der Waals surface area contributed by atoms with E-state index in [-0.39, 0.29) is 0 Å². The fourth-order valence-corrected chi connectivity index (χ4v) is 4.17. The number of benzene rings is 1. The summed E-state index contributed by atoms with van der Waals surface area (Å²) < 4.78 is 0. The Kier molecular flexibility index (Phi) is 3.69. The van der Waals surface area contributed by atoms with Crippen molar-refractivity contribution in [3.05, 3.63) is 35.9 Å². The van der Waals surface area contributed by atoms with Crippen molar-refractivity contribution in [1.82, 2.24) is 5.32 Å². The molecule has 3 unspecified atom stereocenters. The van der Waals surface area contributed by atoms with Crippen LogP contribution in [0.5, 0.6) is 0 Å². The van der Waals surface area contributed by atoms with Crippen molar-refractivity contribution in [2.24, 2.45) is 17.8 Å². The Morgan fingerprint density at radius 3 is 2.56 bits per heavy atom. The third kappa shape index (κ3) is 2.47. The van der Waals surface area contributed by atoms with Gasteiger partial charge >= 0.3 is 0 Å². The number of nitrogens with one attached hydrogen (secondary N) is 1. The van der Waals surface area contributed by atoms with Gasteiger partial charge in [0, 0.05) is 6.04 Å². The van der Waals surface area contributed by atoms with E-state index in [9.17, 15) is 0 Å². The lowest BCUT2D eigenvalue weighted by atomic mass is 9.97. The third-order valence-corrected chi connectivity index (χ3v) is 5.13. The zero-order valence-corrected chi connectivity index (χ0v) is 11.4. The van der Waals surface area contributed by atoms with Gasteiger partial charge in [0.15, 0.2) is 0 Å². The first-order chi connectivity index (χ1) is 8.90. The molecule has 1 heteroatoms. The first-order valence-electron chi connectivity index (χ1n) is 7.61. The molecule has 1 aromatic rings. The smallest absolute Gasteiger partial charge is 0.00979 e. The van der Waals surface area contributed by atoms with Crippen molar-refractivity contribution >= 4 is 0 Å². The van der Waals surface area contributed by atoms with Crippen molar-refractivity contribution in [3.8, 4) is 0 Å². The standard InChI is InChI=1S/C17H25N/c1-18-16(17-14-10-6-11-15(14)17)12-5-9-13-7-3-2-4-8-13/h2-4,7-8,14-18H,5-6,9-12H2,1H3. The maximum Gasteiger partial charge on any atom is 0.00979 e. The molecule has 0 saturated heterocycles. The van der Waals surface area contributed by atoms with Gasteiger partial charge in [0.1, 0.15) is 0 Å². The maximum atomic E-state index is 3.58. The third-order valence-electron chi connectivity index (χ3n) is 5.13. The van der Waals surface area contributed by atoms with E-state index in [1.54, 1.807) is 0 Å². The van der Waals surface area contributed by atoms with E-state index in [0.717, 1.165) is 23.8 Å². The lowest BCUT2D eigenvalue weighted by Crippen LogP contribution is -2.29. The van der Waals surface area contributed by atoms with Crippen LogP contribution in [0.4, 0.5) is 0 Å². The Morgan fingerprint density at radius 2 is 1.89 bits per heavy atom. The molecule has 0 bridgehead atoms. The summed E-state index contributed by atoms with van der Waals surface area (Å²) in [5.41, 5.74) is 1.49. The molecule has 2 aliphatic carbocycles.